The predicted octanol–water partition coefficient (Wildman–Crippen LogP) is -0.677. The van der Waals surface area contributed by atoms with Crippen molar-refractivity contribution in [2.75, 3.05) is 40.3 Å². The molecule has 49 heteroatoms. The van der Waals surface area contributed by atoms with Gasteiger partial charge in [0.15, 0.2) is 129 Å². The van der Waals surface area contributed by atoms with Gasteiger partial charge in [0.2, 0.25) is 0 Å². The largest absolute Gasteiger partial charge is 0.455 e. The van der Waals surface area contributed by atoms with Crippen molar-refractivity contribution in [2.45, 2.75) is 312 Å². The molecule has 0 amide bonds. The fraction of sp³-hybridized carbons (Fsp3) is 0.800. The Morgan fingerprint density at radius 1 is 0.160 bits per heavy atom. The van der Waals surface area contributed by atoms with Crippen molar-refractivity contribution < 1.29 is 200 Å². The van der Waals surface area contributed by atoms with Crippen LogP contribution < -0.4 is 0 Å². The zero-order chi connectivity index (χ0) is 88.0. The fourth-order valence-corrected chi connectivity index (χ4v) is 16.7. The maximum Gasteiger partial charge on any atom is 0.303 e. The van der Waals surface area contributed by atoms with E-state index in [4.69, 9.17) is 133 Å². The van der Waals surface area contributed by atoms with Crippen molar-refractivity contribution in [3.05, 3.63) is 0 Å². The molecule has 35 atom stereocenters. The summed E-state index contributed by atoms with van der Waals surface area (Å²) in [4.78, 5) is 190. The van der Waals surface area contributed by atoms with Gasteiger partial charge in [-0.1, -0.05) is 0 Å². The molecule has 0 saturated carbocycles. The molecule has 21 heterocycles. The third kappa shape index (κ3) is 25.4. The summed E-state index contributed by atoms with van der Waals surface area (Å²) in [6.07, 6.45) is -66.2. The first-order valence-electron chi connectivity index (χ1n) is 37.0. The first-order chi connectivity index (χ1) is 56.2. The third-order valence-electron chi connectivity index (χ3n) is 18.7. The normalized spacial score (nSPS) is 39.1. The van der Waals surface area contributed by atoms with Gasteiger partial charge in [0, 0.05) is 137 Å². The lowest BCUT2D eigenvalue weighted by molar-refractivity contribution is -0.389. The number of rotatable bonds is 21. The first-order valence-corrected chi connectivity index (χ1v) is 41.4. The van der Waals surface area contributed by atoms with Crippen LogP contribution in [0.3, 0.4) is 0 Å². The summed E-state index contributed by atoms with van der Waals surface area (Å²) in [5.74, 6) is -18.6. The number of ether oxygens (including phenoxy) is 28. The van der Waals surface area contributed by atoms with E-state index in [1.54, 1.807) is 0 Å². The van der Waals surface area contributed by atoms with Crippen LogP contribution in [0.4, 0.5) is 0 Å². The topological polar surface area (TPSA) is 497 Å². The van der Waals surface area contributed by atoms with Gasteiger partial charge >= 0.3 is 83.6 Å². The Bertz CT molecular complexity index is 2960. The maximum atomic E-state index is 13.6. The second-order valence-corrected chi connectivity index (χ2v) is 30.4. The van der Waals surface area contributed by atoms with E-state index in [1.165, 1.54) is 0 Å². The molecular formula is C70H98O42S7. The molecule has 0 spiro atoms. The Morgan fingerprint density at radius 2 is 0.244 bits per heavy atom. The second kappa shape index (κ2) is 44.9. The lowest BCUT2D eigenvalue weighted by Crippen LogP contribution is -2.70. The van der Waals surface area contributed by atoms with E-state index < -0.39 is 339 Å². The Labute approximate surface area is 719 Å². The van der Waals surface area contributed by atoms with Crippen LogP contribution in [-0.4, -0.2) is 339 Å². The smallest absolute Gasteiger partial charge is 0.303 e. The van der Waals surface area contributed by atoms with Crippen LogP contribution in [0, 0.1) is 0 Å². The molecule has 0 unspecified atom stereocenters. The lowest BCUT2D eigenvalue weighted by atomic mass is 9.95. The molecule has 0 aromatic rings. The van der Waals surface area contributed by atoms with Crippen LogP contribution >= 0.6 is 88.4 Å². The minimum absolute atomic E-state index is 0.469. The van der Waals surface area contributed by atoms with E-state index >= 15 is 0 Å². The number of thiol groups is 7. The van der Waals surface area contributed by atoms with Crippen molar-refractivity contribution in [1.29, 1.82) is 0 Å². The molecule has 0 aromatic heterocycles. The second-order valence-electron chi connectivity index (χ2n) is 27.8. The fourth-order valence-electron chi connectivity index (χ4n) is 14.7. The average Bonchev–Trinajstić information content (AvgIpc) is 0.806. The quantitative estimate of drug-likeness (QED) is 0.0425. The van der Waals surface area contributed by atoms with Gasteiger partial charge in [0.25, 0.3) is 0 Å². The predicted molar refractivity (Wildman–Crippen MR) is 409 cm³/mol. The monoisotopic (exact) mass is 1830 g/mol. The molecule has 0 aliphatic carbocycles. The van der Waals surface area contributed by atoms with Crippen LogP contribution in [0.25, 0.3) is 0 Å². The molecule has 42 nitrogen and oxygen atoms in total. The van der Waals surface area contributed by atoms with Gasteiger partial charge in [-0.05, 0) is 0 Å². The molecule has 21 aliphatic heterocycles. The van der Waals surface area contributed by atoms with E-state index in [1.807, 2.05) is 0 Å². The van der Waals surface area contributed by atoms with Crippen molar-refractivity contribution in [3.63, 3.8) is 0 Å². The zero-order valence-corrected chi connectivity index (χ0v) is 72.7. The Morgan fingerprint density at radius 3 is 0.319 bits per heavy atom. The Balaban J connectivity index is 1.39. The summed E-state index contributed by atoms with van der Waals surface area (Å²) in [7, 11) is 0. The summed E-state index contributed by atoms with van der Waals surface area (Å²) in [6, 6.07) is 0. The molecule has 0 N–H and O–H groups in total. The zero-order valence-electron chi connectivity index (χ0n) is 66.4. The van der Waals surface area contributed by atoms with E-state index in [-0.39, 0.29) is 0 Å². The number of esters is 14. The van der Waals surface area contributed by atoms with Crippen LogP contribution in [0.1, 0.15) is 96.9 Å². The molecule has 0 radical (unpaired) electrons. The summed E-state index contributed by atoms with van der Waals surface area (Å²) < 4.78 is 176. The summed E-state index contributed by atoms with van der Waals surface area (Å²) in [5, 5.41) is 0. The number of carbonyl (C=O) groups is 14. The minimum atomic E-state index is -2.05. The van der Waals surface area contributed by atoms with Crippen molar-refractivity contribution >= 4 is 172 Å². The number of hydrogen-bond acceptors (Lipinski definition) is 49. The molecule has 21 saturated heterocycles. The van der Waals surface area contributed by atoms with Gasteiger partial charge in [-0.2, -0.15) is 88.4 Å². The van der Waals surface area contributed by atoms with E-state index in [0.29, 0.717) is 0 Å². The minimum Gasteiger partial charge on any atom is -0.455 e. The van der Waals surface area contributed by atoms with Gasteiger partial charge in [-0.25, -0.2) is 0 Å². The molecule has 0 aromatic carbocycles. The highest BCUT2D eigenvalue weighted by Gasteiger charge is 2.65. The van der Waals surface area contributed by atoms with Crippen LogP contribution in [0.2, 0.25) is 0 Å². The number of hydrogen-bond donors (Lipinski definition) is 7. The highest BCUT2D eigenvalue weighted by Crippen LogP contribution is 2.45. The van der Waals surface area contributed by atoms with E-state index in [2.05, 4.69) is 88.4 Å². The first kappa shape index (κ1) is 98.9. The van der Waals surface area contributed by atoms with Crippen LogP contribution in [-0.2, 0) is 200 Å². The summed E-state index contributed by atoms with van der Waals surface area (Å²) >= 11 is 32.1. The molecule has 119 heavy (non-hydrogen) atoms. The summed E-state index contributed by atoms with van der Waals surface area (Å²) in [5.41, 5.74) is 0. The third-order valence-corrected chi connectivity index (χ3v) is 21.2. The van der Waals surface area contributed by atoms with Gasteiger partial charge < -0.3 is 133 Å². The molecule has 14 bridgehead atoms. The number of carbonyl (C=O) groups excluding carboxylic acids is 14. The van der Waals surface area contributed by atoms with E-state index in [9.17, 15) is 67.1 Å². The van der Waals surface area contributed by atoms with Crippen LogP contribution in [0.15, 0.2) is 0 Å². The van der Waals surface area contributed by atoms with Gasteiger partial charge in [-0.3, -0.25) is 67.1 Å². The molecule has 21 aliphatic rings. The SMILES string of the molecule is CC(=O)O[C@@H]1[C@@H](OC(C)=O)[C@H]2O[C@H]3[C@H](OC(C)=O)[C@@H](OC(C)=O)[C@@H](O[C@H]4[C@H](OC(C)=O)[C@@H](OC(C)=O)[C@@H](O[C@H]5[C@H](OC(C)=O)[C@@H](OC(C)=O)[C@@H](O[C@H]6[C@H](OC(C)=O)[C@@H](OC(C)=O)[C@@H](O[C@H]7[C@H](OC(C)=O)[C@@H](OC(C)=O)[C@@H](O[C@H]8[C@H](OC(C)=O)[C@@H](OC(C)=O)[C@@H](O[C@@H]1[C@@H](CS)O2)O[C@@H]8CS)O[C@@H]7CS)O[C@@H]6CS)O[C@@H]5CS)O[C@@H]4CS)O[C@@H]3CS. The van der Waals surface area contributed by atoms with Crippen molar-refractivity contribution in [3.8, 4) is 0 Å². The van der Waals surface area contributed by atoms with Gasteiger partial charge in [-0.15, -0.1) is 0 Å². The molecular weight excluding hydrogens is 1740 g/mol. The maximum absolute atomic E-state index is 13.6. The molecule has 672 valence electrons. The molecule has 21 rings (SSSR count). The van der Waals surface area contributed by atoms with E-state index in [0.717, 1.165) is 96.9 Å². The highest BCUT2D eigenvalue weighted by molar-refractivity contribution is 7.81. The Kier molecular flexibility index (Phi) is 37.3. The van der Waals surface area contributed by atoms with Gasteiger partial charge in [0.05, 0.1) is 42.7 Å². The average molecular weight is 1840 g/mol. The Hall–Kier alpha value is -5.53. The van der Waals surface area contributed by atoms with Crippen molar-refractivity contribution in [2.24, 2.45) is 0 Å². The lowest BCUT2D eigenvalue weighted by Gasteiger charge is -2.52. The summed E-state index contributed by atoms with van der Waals surface area (Å²) in [6.45, 7) is 13.3. The van der Waals surface area contributed by atoms with Crippen LogP contribution in [0.5, 0.6) is 0 Å². The van der Waals surface area contributed by atoms with Crippen molar-refractivity contribution in [1.82, 2.24) is 0 Å². The highest BCUT2D eigenvalue weighted by atomic mass is 32.1. The van der Waals surface area contributed by atoms with Gasteiger partial charge in [0.1, 0.15) is 42.7 Å². The molecule has 21 fully saturated rings. The standard InChI is InChI=1S/C70H98O42S7/c1-22(71)85-50-43-36(15-113)99-64(57(50)92-29(8)78)107-44-37(16-114)101-66(59(94-31(10)80)51(44)86-23(2)72)109-46-39(18-116)103-68(61(96-33(12)82)53(46)88-25(4)74)111-48-41(20-118)105-70(63(98-35(14)84)55(48)90-27(6)76)112-49-42(21-119)104-69(62(97-34(13)83)56(49)91-28(7)77)110-47-40(19-117)102-67(60(95-32(11)81)54(47)89-26(5)75)108-45-38(17-115)100-65(106-43)58(93-30(9)79)52(45)87-24(3)73/h36-70,113-119H,15-21H2,1-14H3/t36-,37-,38-,39-,40-,41-,42-,43-,44-,45-,46-,47-,48-,49-,50+,51+,52+,53+,54+,55+,56+,57-,58-,59-,60-,61-,62-,63-,64-,65-,66-,67-,68-,69-,70-/m1/s1.